The summed E-state index contributed by atoms with van der Waals surface area (Å²) in [6.07, 6.45) is 3.35. The maximum absolute atomic E-state index is 13.2. The first-order chi connectivity index (χ1) is 16.2. The van der Waals surface area contributed by atoms with Gasteiger partial charge in [0.2, 0.25) is 21.8 Å². The highest BCUT2D eigenvalue weighted by molar-refractivity contribution is 7.89. The zero-order valence-electron chi connectivity index (χ0n) is 19.4. The average Bonchev–Trinajstić information content (AvgIpc) is 2.86. The topological polar surface area (TPSA) is 108 Å². The number of hydrogen-bond acceptors (Lipinski definition) is 5. The Bertz CT molecular complexity index is 1080. The summed E-state index contributed by atoms with van der Waals surface area (Å²) in [5.74, 6) is -1.88. The molecule has 1 aliphatic heterocycles. The van der Waals surface area contributed by atoms with Gasteiger partial charge in [-0.2, -0.15) is 4.31 Å². The highest BCUT2D eigenvalue weighted by Crippen LogP contribution is 2.24. The third kappa shape index (κ3) is 6.38. The Labute approximate surface area is 200 Å². The summed E-state index contributed by atoms with van der Waals surface area (Å²) in [6.45, 7) is 4.36. The number of piperidine rings is 1. The van der Waals surface area contributed by atoms with Gasteiger partial charge in [-0.3, -0.25) is 14.6 Å². The number of nitrogens with zero attached hydrogens (tertiary/aromatic N) is 2. The second kappa shape index (κ2) is 11.5. The smallest absolute Gasteiger partial charge is 0.243 e. The third-order valence-electron chi connectivity index (χ3n) is 6.17. The second-order valence-electron chi connectivity index (χ2n) is 8.57. The minimum atomic E-state index is -3.85. The van der Waals surface area contributed by atoms with Crippen LogP contribution in [0.15, 0.2) is 53.6 Å². The fourth-order valence-corrected chi connectivity index (χ4v) is 5.42. The fourth-order valence-electron chi connectivity index (χ4n) is 3.89. The number of sulfonamides is 1. The number of amides is 2. The van der Waals surface area contributed by atoms with Crippen molar-refractivity contribution < 1.29 is 22.4 Å². The van der Waals surface area contributed by atoms with Crippen molar-refractivity contribution in [3.63, 3.8) is 0 Å². The summed E-state index contributed by atoms with van der Waals surface area (Å²) >= 11 is 0. The first-order valence-corrected chi connectivity index (χ1v) is 12.9. The number of nitrogens with one attached hydrogen (secondary N) is 2. The van der Waals surface area contributed by atoms with E-state index in [0.29, 0.717) is 25.0 Å². The average molecular weight is 491 g/mol. The van der Waals surface area contributed by atoms with Crippen molar-refractivity contribution in [2.24, 2.45) is 11.8 Å². The highest BCUT2D eigenvalue weighted by atomic mass is 32.2. The molecule has 1 aromatic heterocycles. The molecule has 184 valence electrons. The van der Waals surface area contributed by atoms with Crippen molar-refractivity contribution in [1.29, 1.82) is 0 Å². The molecule has 0 radical (unpaired) electrons. The van der Waals surface area contributed by atoms with Crippen LogP contribution in [0.5, 0.6) is 0 Å². The molecule has 3 atom stereocenters. The Balaban J connectivity index is 1.66. The predicted molar refractivity (Wildman–Crippen MR) is 125 cm³/mol. The minimum absolute atomic E-state index is 0.00826. The molecule has 1 fully saturated rings. The first-order valence-electron chi connectivity index (χ1n) is 11.5. The molecule has 1 saturated heterocycles. The van der Waals surface area contributed by atoms with Gasteiger partial charge in [0.15, 0.2) is 0 Å². The zero-order chi connectivity index (χ0) is 24.7. The van der Waals surface area contributed by atoms with Crippen molar-refractivity contribution in [2.45, 2.75) is 50.6 Å². The molecule has 0 saturated carbocycles. The van der Waals surface area contributed by atoms with Gasteiger partial charge in [0, 0.05) is 19.3 Å². The summed E-state index contributed by atoms with van der Waals surface area (Å²) in [5, 5.41) is 5.68. The molecule has 10 heteroatoms. The van der Waals surface area contributed by atoms with Gasteiger partial charge >= 0.3 is 0 Å². The van der Waals surface area contributed by atoms with Gasteiger partial charge in [0.05, 0.1) is 23.1 Å². The third-order valence-corrected chi connectivity index (χ3v) is 8.05. The zero-order valence-corrected chi connectivity index (χ0v) is 20.2. The van der Waals surface area contributed by atoms with Crippen LogP contribution in [0.4, 0.5) is 4.39 Å². The fraction of sp³-hybridized carbons (Fsp3) is 0.458. The van der Waals surface area contributed by atoms with Crippen LogP contribution < -0.4 is 10.6 Å². The van der Waals surface area contributed by atoms with E-state index in [1.54, 1.807) is 18.3 Å². The Morgan fingerprint density at radius 3 is 2.59 bits per heavy atom. The van der Waals surface area contributed by atoms with Crippen molar-refractivity contribution >= 4 is 21.8 Å². The molecule has 1 aromatic carbocycles. The van der Waals surface area contributed by atoms with Gasteiger partial charge < -0.3 is 10.6 Å². The molecule has 0 aliphatic carbocycles. The van der Waals surface area contributed by atoms with Gasteiger partial charge in [0.25, 0.3) is 0 Å². The van der Waals surface area contributed by atoms with Crippen LogP contribution in [0.25, 0.3) is 0 Å². The van der Waals surface area contributed by atoms with E-state index in [1.165, 1.54) is 16.4 Å². The van der Waals surface area contributed by atoms with Crippen LogP contribution in [0.1, 0.15) is 38.8 Å². The lowest BCUT2D eigenvalue weighted by Crippen LogP contribution is -2.53. The number of hydrogen-bond donors (Lipinski definition) is 2. The molecule has 2 heterocycles. The van der Waals surface area contributed by atoms with Crippen LogP contribution in [-0.2, 0) is 26.2 Å². The molecule has 2 amide bonds. The summed E-state index contributed by atoms with van der Waals surface area (Å²) in [4.78, 5) is 30.1. The molecule has 0 unspecified atom stereocenters. The standard InChI is InChI=1S/C24H31FN4O4S/c1-3-17(2)22(24(31)27-15-20-8-4-5-13-26-20)28-23(30)18-7-6-14-29(16-18)34(32,33)21-11-9-19(25)10-12-21/h4-5,8-13,17-18,22H,3,6-7,14-16H2,1-2H3,(H,27,31)(H,28,30)/t17-,18-,22-/m0/s1. The monoisotopic (exact) mass is 490 g/mol. The summed E-state index contributed by atoms with van der Waals surface area (Å²) in [6, 6.07) is 9.32. The number of rotatable bonds is 9. The summed E-state index contributed by atoms with van der Waals surface area (Å²) in [5.41, 5.74) is 0.707. The van der Waals surface area contributed by atoms with E-state index in [1.807, 2.05) is 19.9 Å². The van der Waals surface area contributed by atoms with Crippen LogP contribution in [0.3, 0.4) is 0 Å². The van der Waals surface area contributed by atoms with E-state index in [4.69, 9.17) is 0 Å². The summed E-state index contributed by atoms with van der Waals surface area (Å²) in [7, 11) is -3.85. The number of carbonyl (C=O) groups excluding carboxylic acids is 2. The molecule has 34 heavy (non-hydrogen) atoms. The van der Waals surface area contributed by atoms with E-state index in [-0.39, 0.29) is 42.3 Å². The molecule has 2 aromatic rings. The number of carbonyl (C=O) groups is 2. The van der Waals surface area contributed by atoms with Crippen molar-refractivity contribution in [1.82, 2.24) is 19.9 Å². The Kier molecular flexibility index (Phi) is 8.73. The molecule has 3 rings (SSSR count). The minimum Gasteiger partial charge on any atom is -0.349 e. The van der Waals surface area contributed by atoms with Crippen LogP contribution >= 0.6 is 0 Å². The largest absolute Gasteiger partial charge is 0.349 e. The van der Waals surface area contributed by atoms with Crippen LogP contribution in [0.2, 0.25) is 0 Å². The SMILES string of the molecule is CC[C@H](C)[C@H](NC(=O)[C@H]1CCCN(S(=O)(=O)c2ccc(F)cc2)C1)C(=O)NCc1ccccn1. The van der Waals surface area contributed by atoms with E-state index < -0.39 is 27.8 Å². The number of benzene rings is 1. The van der Waals surface area contributed by atoms with Crippen molar-refractivity contribution in [3.05, 3.63) is 60.2 Å². The Morgan fingerprint density at radius 2 is 1.94 bits per heavy atom. The predicted octanol–water partition coefficient (Wildman–Crippen LogP) is 2.47. The molecular weight excluding hydrogens is 459 g/mol. The second-order valence-corrected chi connectivity index (χ2v) is 10.5. The van der Waals surface area contributed by atoms with Gasteiger partial charge in [-0.05, 0) is 55.2 Å². The Morgan fingerprint density at radius 1 is 1.21 bits per heavy atom. The van der Waals surface area contributed by atoms with Gasteiger partial charge in [-0.15, -0.1) is 0 Å². The van der Waals surface area contributed by atoms with Crippen LogP contribution in [0, 0.1) is 17.7 Å². The quantitative estimate of drug-likeness (QED) is 0.561. The maximum atomic E-state index is 13.2. The van der Waals surface area contributed by atoms with E-state index in [2.05, 4.69) is 15.6 Å². The molecule has 1 aliphatic rings. The molecule has 0 bridgehead atoms. The van der Waals surface area contributed by atoms with E-state index >= 15 is 0 Å². The molecule has 0 spiro atoms. The highest BCUT2D eigenvalue weighted by Gasteiger charge is 2.35. The van der Waals surface area contributed by atoms with Gasteiger partial charge in [0.1, 0.15) is 11.9 Å². The van der Waals surface area contributed by atoms with Gasteiger partial charge in [-0.25, -0.2) is 12.8 Å². The first kappa shape index (κ1) is 25.8. The normalized spacial score (nSPS) is 18.6. The number of aromatic nitrogens is 1. The molecule has 8 nitrogen and oxygen atoms in total. The van der Waals surface area contributed by atoms with Gasteiger partial charge in [-0.1, -0.05) is 26.3 Å². The van der Waals surface area contributed by atoms with E-state index in [9.17, 15) is 22.4 Å². The molecular formula is C24H31FN4O4S. The lowest BCUT2D eigenvalue weighted by Gasteiger charge is -2.32. The van der Waals surface area contributed by atoms with Crippen molar-refractivity contribution in [3.8, 4) is 0 Å². The number of halogens is 1. The lowest BCUT2D eigenvalue weighted by atomic mass is 9.94. The van der Waals surface area contributed by atoms with Crippen LogP contribution in [-0.4, -0.2) is 48.7 Å². The molecule has 2 N–H and O–H groups in total. The summed E-state index contributed by atoms with van der Waals surface area (Å²) < 4.78 is 40.4. The maximum Gasteiger partial charge on any atom is 0.243 e. The van der Waals surface area contributed by atoms with E-state index in [0.717, 1.165) is 12.1 Å². The lowest BCUT2D eigenvalue weighted by molar-refractivity contribution is -0.133. The Hall–Kier alpha value is -2.85. The number of pyridine rings is 1. The van der Waals surface area contributed by atoms with Crippen molar-refractivity contribution in [2.75, 3.05) is 13.1 Å².